The van der Waals surface area contributed by atoms with E-state index in [4.69, 9.17) is 25.8 Å². The summed E-state index contributed by atoms with van der Waals surface area (Å²) in [4.78, 5) is 45.6. The van der Waals surface area contributed by atoms with E-state index in [9.17, 15) is 19.5 Å². The van der Waals surface area contributed by atoms with E-state index in [1.165, 1.54) is 4.90 Å². The number of hydrogen-bond acceptors (Lipinski definition) is 9. The van der Waals surface area contributed by atoms with Gasteiger partial charge in [-0.05, 0) is 75.1 Å². The van der Waals surface area contributed by atoms with Crippen LogP contribution in [0.15, 0.2) is 48.0 Å². The zero-order valence-corrected chi connectivity index (χ0v) is 25.7. The van der Waals surface area contributed by atoms with Gasteiger partial charge in [0.1, 0.15) is 10.6 Å². The highest BCUT2D eigenvalue weighted by Crippen LogP contribution is 2.45. The van der Waals surface area contributed by atoms with Crippen LogP contribution in [0, 0.1) is 12.8 Å². The number of aliphatic hydroxyl groups excluding tert-OH is 1. The van der Waals surface area contributed by atoms with Crippen molar-refractivity contribution in [1.82, 2.24) is 4.98 Å². The third kappa shape index (κ3) is 6.44. The van der Waals surface area contributed by atoms with Gasteiger partial charge in [0.05, 0.1) is 37.1 Å². The Balaban J connectivity index is 1.89. The summed E-state index contributed by atoms with van der Waals surface area (Å²) in [7, 11) is 0. The molecule has 0 saturated carbocycles. The first kappa shape index (κ1) is 31.1. The van der Waals surface area contributed by atoms with E-state index in [2.05, 4.69) is 18.8 Å². The van der Waals surface area contributed by atoms with Crippen LogP contribution < -0.4 is 14.4 Å². The molecule has 1 aliphatic rings. The van der Waals surface area contributed by atoms with Crippen LogP contribution in [0.3, 0.4) is 0 Å². The monoisotopic (exact) mass is 612 g/mol. The summed E-state index contributed by atoms with van der Waals surface area (Å²) in [5.74, 6) is -1.33. The lowest BCUT2D eigenvalue weighted by Gasteiger charge is -2.24. The second-order valence-corrected chi connectivity index (χ2v) is 11.4. The van der Waals surface area contributed by atoms with Crippen LogP contribution >= 0.6 is 22.9 Å². The van der Waals surface area contributed by atoms with Crippen molar-refractivity contribution in [1.29, 1.82) is 0 Å². The van der Waals surface area contributed by atoms with Crippen molar-refractivity contribution >= 4 is 51.5 Å². The van der Waals surface area contributed by atoms with Crippen LogP contribution in [-0.4, -0.2) is 47.6 Å². The van der Waals surface area contributed by atoms with Crippen LogP contribution in [0.2, 0.25) is 5.02 Å². The topological polar surface area (TPSA) is 115 Å². The fourth-order valence-corrected chi connectivity index (χ4v) is 5.58. The Morgan fingerprint density at radius 2 is 1.79 bits per heavy atom. The van der Waals surface area contributed by atoms with Gasteiger partial charge in [-0.1, -0.05) is 42.9 Å². The third-order valence-corrected chi connectivity index (χ3v) is 7.94. The molecule has 1 amide bonds. The maximum Gasteiger partial charge on any atom is 0.350 e. The minimum Gasteiger partial charge on any atom is -0.507 e. The van der Waals surface area contributed by atoms with Gasteiger partial charge in [-0.15, -0.1) is 0 Å². The first-order chi connectivity index (χ1) is 20.1. The summed E-state index contributed by atoms with van der Waals surface area (Å²) >= 11 is 6.98. The minimum absolute atomic E-state index is 0.119. The number of amides is 1. The van der Waals surface area contributed by atoms with Gasteiger partial charge in [-0.25, -0.2) is 9.78 Å². The Bertz CT molecular complexity index is 1510. The van der Waals surface area contributed by atoms with E-state index in [0.29, 0.717) is 52.5 Å². The number of ketones is 1. The molecule has 0 spiro atoms. The Kier molecular flexibility index (Phi) is 9.90. The van der Waals surface area contributed by atoms with Gasteiger partial charge in [0, 0.05) is 10.6 Å². The summed E-state index contributed by atoms with van der Waals surface area (Å²) < 4.78 is 17.0. The van der Waals surface area contributed by atoms with E-state index in [0.717, 1.165) is 17.8 Å². The normalized spacial score (nSPS) is 16.3. The third-order valence-electron chi connectivity index (χ3n) is 6.55. The predicted octanol–water partition coefficient (Wildman–Crippen LogP) is 6.73. The van der Waals surface area contributed by atoms with E-state index in [1.54, 1.807) is 56.3 Å². The molecule has 11 heteroatoms. The van der Waals surface area contributed by atoms with Crippen molar-refractivity contribution < 1.29 is 33.7 Å². The summed E-state index contributed by atoms with van der Waals surface area (Å²) in [6, 6.07) is 10.3. The largest absolute Gasteiger partial charge is 0.507 e. The standard InChI is InChI=1S/C31H33ClN2O7S/c1-6-39-23-16-20(10-13-22(23)41-15-14-17(3)4)25-24(26(35)19-8-11-21(32)12-9-19)27(36)29(37)34(25)31-33-18(5)28(42-31)30(38)40-7-2/h8-13,16-17,25,35H,6-7,14-15H2,1-5H3/b26-24+. The number of hydrogen-bond donors (Lipinski definition) is 1. The summed E-state index contributed by atoms with van der Waals surface area (Å²) in [5, 5.41) is 12.0. The highest BCUT2D eigenvalue weighted by atomic mass is 35.5. The van der Waals surface area contributed by atoms with E-state index in [-0.39, 0.29) is 27.9 Å². The zero-order valence-electron chi connectivity index (χ0n) is 24.1. The molecule has 9 nitrogen and oxygen atoms in total. The lowest BCUT2D eigenvalue weighted by Crippen LogP contribution is -2.29. The minimum atomic E-state index is -1.08. The molecule has 1 N–H and O–H groups in total. The van der Waals surface area contributed by atoms with Crippen LogP contribution in [-0.2, 0) is 14.3 Å². The number of anilines is 1. The first-order valence-corrected chi connectivity index (χ1v) is 14.9. The SMILES string of the molecule is CCOC(=O)c1sc(N2C(=O)C(=O)/C(=C(/O)c3ccc(Cl)cc3)C2c2ccc(OCCC(C)C)c(OCC)c2)nc1C. The number of carbonyl (C=O) groups is 3. The number of halogens is 1. The van der Waals surface area contributed by atoms with Crippen molar-refractivity contribution in [3.05, 3.63) is 74.8 Å². The second kappa shape index (κ2) is 13.4. The number of carbonyl (C=O) groups excluding carboxylic acids is 3. The van der Waals surface area contributed by atoms with E-state index >= 15 is 0 Å². The van der Waals surface area contributed by atoms with E-state index in [1.807, 2.05) is 6.92 Å². The number of aromatic nitrogens is 1. The van der Waals surface area contributed by atoms with Gasteiger partial charge in [-0.2, -0.15) is 0 Å². The maximum atomic E-state index is 13.6. The molecule has 0 aliphatic carbocycles. The van der Waals surface area contributed by atoms with E-state index < -0.39 is 23.7 Å². The molecule has 1 saturated heterocycles. The molecule has 2 heterocycles. The highest BCUT2D eigenvalue weighted by Gasteiger charge is 2.48. The van der Waals surface area contributed by atoms with Gasteiger partial charge < -0.3 is 19.3 Å². The number of thiazole rings is 1. The molecular formula is C31H33ClN2O7S. The number of nitrogens with zero attached hydrogens (tertiary/aromatic N) is 2. The fraction of sp³-hybridized carbons (Fsp3) is 0.355. The van der Waals surface area contributed by atoms with Crippen molar-refractivity contribution in [2.45, 2.75) is 47.1 Å². The lowest BCUT2D eigenvalue weighted by atomic mass is 9.95. The van der Waals surface area contributed by atoms with Crippen molar-refractivity contribution in [3.8, 4) is 11.5 Å². The predicted molar refractivity (Wildman–Crippen MR) is 162 cm³/mol. The lowest BCUT2D eigenvalue weighted by molar-refractivity contribution is -0.132. The number of rotatable bonds is 11. The Morgan fingerprint density at radius 1 is 1.07 bits per heavy atom. The fourth-order valence-electron chi connectivity index (χ4n) is 4.47. The molecule has 3 aromatic rings. The smallest absolute Gasteiger partial charge is 0.350 e. The molecule has 42 heavy (non-hydrogen) atoms. The van der Waals surface area contributed by atoms with Gasteiger partial charge in [0.2, 0.25) is 0 Å². The van der Waals surface area contributed by atoms with Crippen molar-refractivity contribution in [2.24, 2.45) is 5.92 Å². The molecule has 222 valence electrons. The number of benzene rings is 2. The molecule has 1 fully saturated rings. The molecule has 0 radical (unpaired) electrons. The Labute approximate surface area is 253 Å². The molecule has 2 aromatic carbocycles. The highest BCUT2D eigenvalue weighted by molar-refractivity contribution is 7.17. The first-order valence-electron chi connectivity index (χ1n) is 13.7. The zero-order chi connectivity index (χ0) is 30.6. The molecular weight excluding hydrogens is 580 g/mol. The number of Topliss-reactive ketones (excluding diaryl/α,β-unsaturated/α-hetero) is 1. The molecule has 1 aliphatic heterocycles. The molecule has 0 bridgehead atoms. The van der Waals surface area contributed by atoms with Gasteiger partial charge >= 0.3 is 11.9 Å². The molecule has 1 unspecified atom stereocenters. The number of esters is 1. The molecule has 4 rings (SSSR count). The second-order valence-electron chi connectivity index (χ2n) is 9.98. The Morgan fingerprint density at radius 3 is 2.43 bits per heavy atom. The number of aliphatic hydroxyl groups is 1. The molecule has 1 atom stereocenters. The Hall–Kier alpha value is -3.89. The summed E-state index contributed by atoms with van der Waals surface area (Å²) in [5.41, 5.74) is 1.01. The summed E-state index contributed by atoms with van der Waals surface area (Å²) in [6.07, 6.45) is 0.848. The quantitative estimate of drug-likeness (QED) is 0.110. The average Bonchev–Trinajstić information content (AvgIpc) is 3.46. The van der Waals surface area contributed by atoms with Crippen molar-refractivity contribution in [3.63, 3.8) is 0 Å². The van der Waals surface area contributed by atoms with Crippen LogP contribution in [0.25, 0.3) is 5.76 Å². The van der Waals surface area contributed by atoms with Gasteiger partial charge in [0.25, 0.3) is 5.78 Å². The van der Waals surface area contributed by atoms with Crippen LogP contribution in [0.5, 0.6) is 11.5 Å². The van der Waals surface area contributed by atoms with Gasteiger partial charge in [-0.3, -0.25) is 14.5 Å². The summed E-state index contributed by atoms with van der Waals surface area (Å²) in [6.45, 7) is 10.4. The van der Waals surface area contributed by atoms with Crippen LogP contribution in [0.4, 0.5) is 5.13 Å². The van der Waals surface area contributed by atoms with Crippen molar-refractivity contribution in [2.75, 3.05) is 24.7 Å². The van der Waals surface area contributed by atoms with Crippen LogP contribution in [0.1, 0.15) is 66.7 Å². The molecule has 1 aromatic heterocycles. The maximum absolute atomic E-state index is 13.6. The number of aryl methyl sites for hydroxylation is 1. The van der Waals surface area contributed by atoms with Gasteiger partial charge in [0.15, 0.2) is 16.6 Å². The number of ether oxygens (including phenoxy) is 3. The average molecular weight is 613 g/mol.